The molecule has 2 aromatic rings. The summed E-state index contributed by atoms with van der Waals surface area (Å²) in [4.78, 5) is 15.1. The lowest BCUT2D eigenvalue weighted by atomic mass is 9.89. The number of H-pyrrole nitrogens is 1. The van der Waals surface area contributed by atoms with Crippen molar-refractivity contribution < 1.29 is 9.18 Å². The summed E-state index contributed by atoms with van der Waals surface area (Å²) in [6.07, 6.45) is 6.27. The monoisotopic (exact) mass is 274 g/mol. The second kappa shape index (κ2) is 5.65. The maximum absolute atomic E-state index is 13.1. The lowest BCUT2D eigenvalue weighted by Crippen LogP contribution is -2.30. The van der Waals surface area contributed by atoms with E-state index < -0.39 is 0 Å². The Kier molecular flexibility index (Phi) is 3.72. The molecular formula is C16H19FN2O. The van der Waals surface area contributed by atoms with Crippen molar-refractivity contribution >= 4 is 16.8 Å². The fourth-order valence-electron chi connectivity index (χ4n) is 2.95. The van der Waals surface area contributed by atoms with Gasteiger partial charge in [0.1, 0.15) is 11.5 Å². The Morgan fingerprint density at radius 1 is 1.25 bits per heavy atom. The molecular weight excluding hydrogens is 255 g/mol. The average Bonchev–Trinajstić information content (AvgIpc) is 2.89. The lowest BCUT2D eigenvalue weighted by Gasteiger charge is -2.21. The molecule has 1 aromatic carbocycles. The summed E-state index contributed by atoms with van der Waals surface area (Å²) in [6.45, 7) is 0.739. The average molecular weight is 274 g/mol. The number of fused-ring (bicyclic) bond motifs is 1. The van der Waals surface area contributed by atoms with Crippen molar-refractivity contribution in [3.8, 4) is 0 Å². The normalized spacial score (nSPS) is 16.4. The van der Waals surface area contributed by atoms with Crippen LogP contribution in [0.2, 0.25) is 0 Å². The van der Waals surface area contributed by atoms with Gasteiger partial charge in [-0.3, -0.25) is 4.79 Å². The van der Waals surface area contributed by atoms with E-state index >= 15 is 0 Å². The third-order valence-corrected chi connectivity index (χ3v) is 4.10. The van der Waals surface area contributed by atoms with E-state index in [9.17, 15) is 9.18 Å². The molecule has 20 heavy (non-hydrogen) atoms. The summed E-state index contributed by atoms with van der Waals surface area (Å²) in [7, 11) is 0. The molecule has 1 saturated carbocycles. The molecule has 3 nitrogen and oxygen atoms in total. The van der Waals surface area contributed by atoms with Crippen molar-refractivity contribution in [1.82, 2.24) is 10.3 Å². The zero-order valence-electron chi connectivity index (χ0n) is 11.4. The number of aromatic amines is 1. The number of benzene rings is 1. The highest BCUT2D eigenvalue weighted by Crippen LogP contribution is 2.23. The second-order valence-electron chi connectivity index (χ2n) is 5.63. The Balaban J connectivity index is 1.65. The van der Waals surface area contributed by atoms with Crippen LogP contribution in [0.1, 0.15) is 42.6 Å². The molecule has 0 bridgehead atoms. The van der Waals surface area contributed by atoms with Crippen molar-refractivity contribution in [1.29, 1.82) is 0 Å². The number of aromatic nitrogens is 1. The Morgan fingerprint density at radius 2 is 2.05 bits per heavy atom. The van der Waals surface area contributed by atoms with Gasteiger partial charge in [0.15, 0.2) is 0 Å². The molecule has 2 N–H and O–H groups in total. The molecule has 4 heteroatoms. The Bertz CT molecular complexity index is 614. The van der Waals surface area contributed by atoms with Gasteiger partial charge in [-0.25, -0.2) is 4.39 Å². The summed E-state index contributed by atoms with van der Waals surface area (Å²) < 4.78 is 13.1. The van der Waals surface area contributed by atoms with Crippen molar-refractivity contribution in [2.75, 3.05) is 6.54 Å². The first-order valence-corrected chi connectivity index (χ1v) is 7.29. The third kappa shape index (κ3) is 2.84. The fraction of sp³-hybridized carbons (Fsp3) is 0.438. The van der Waals surface area contributed by atoms with Gasteiger partial charge in [-0.2, -0.15) is 0 Å². The summed E-state index contributed by atoms with van der Waals surface area (Å²) in [5, 5.41) is 3.71. The largest absolute Gasteiger partial charge is 0.351 e. The smallest absolute Gasteiger partial charge is 0.267 e. The molecule has 0 unspecified atom stereocenters. The highest BCUT2D eigenvalue weighted by atomic mass is 19.1. The van der Waals surface area contributed by atoms with Crippen molar-refractivity contribution in [3.63, 3.8) is 0 Å². The number of carbonyl (C=O) groups excluding carboxylic acids is 1. The highest BCUT2D eigenvalue weighted by Gasteiger charge is 2.15. The molecule has 3 rings (SSSR count). The SMILES string of the molecule is O=C(NCC1CCCCC1)c1cc2cc(F)ccc2[nH]1. The van der Waals surface area contributed by atoms with E-state index in [0.29, 0.717) is 11.6 Å². The van der Waals surface area contributed by atoms with Crippen LogP contribution in [-0.4, -0.2) is 17.4 Å². The summed E-state index contributed by atoms with van der Waals surface area (Å²) in [6, 6.07) is 6.18. The van der Waals surface area contributed by atoms with Gasteiger partial charge in [-0.1, -0.05) is 19.3 Å². The molecule has 1 amide bonds. The number of hydrogen-bond acceptors (Lipinski definition) is 1. The highest BCUT2D eigenvalue weighted by molar-refractivity contribution is 5.97. The van der Waals surface area contributed by atoms with Crippen molar-refractivity contribution in [3.05, 3.63) is 35.8 Å². The van der Waals surface area contributed by atoms with Gasteiger partial charge in [0.05, 0.1) is 0 Å². The molecule has 0 spiro atoms. The van der Waals surface area contributed by atoms with Crippen LogP contribution in [0.5, 0.6) is 0 Å². The van der Waals surface area contributed by atoms with E-state index in [0.717, 1.165) is 17.4 Å². The van der Waals surface area contributed by atoms with Crippen LogP contribution in [0, 0.1) is 11.7 Å². The number of carbonyl (C=O) groups is 1. The Hall–Kier alpha value is -1.84. The summed E-state index contributed by atoms with van der Waals surface area (Å²) >= 11 is 0. The van der Waals surface area contributed by atoms with Gasteiger partial charge < -0.3 is 10.3 Å². The number of hydrogen-bond donors (Lipinski definition) is 2. The van der Waals surface area contributed by atoms with E-state index in [1.54, 1.807) is 12.1 Å². The van der Waals surface area contributed by atoms with Crippen LogP contribution < -0.4 is 5.32 Å². The quantitative estimate of drug-likeness (QED) is 0.882. The van der Waals surface area contributed by atoms with Gasteiger partial charge in [0.2, 0.25) is 0 Å². The molecule has 0 radical (unpaired) electrons. The zero-order chi connectivity index (χ0) is 13.9. The predicted octanol–water partition coefficient (Wildman–Crippen LogP) is 3.62. The minimum Gasteiger partial charge on any atom is -0.351 e. The summed E-state index contributed by atoms with van der Waals surface area (Å²) in [5.74, 6) is 0.215. The first kappa shape index (κ1) is 13.2. The number of rotatable bonds is 3. The van der Waals surface area contributed by atoms with E-state index in [-0.39, 0.29) is 11.7 Å². The summed E-state index contributed by atoms with van der Waals surface area (Å²) in [5.41, 5.74) is 1.29. The first-order valence-electron chi connectivity index (χ1n) is 7.29. The molecule has 0 atom stereocenters. The number of nitrogens with one attached hydrogen (secondary N) is 2. The molecule has 106 valence electrons. The Morgan fingerprint density at radius 3 is 2.85 bits per heavy atom. The van der Waals surface area contributed by atoms with Gasteiger partial charge >= 0.3 is 0 Å². The van der Waals surface area contributed by atoms with Crippen LogP contribution >= 0.6 is 0 Å². The van der Waals surface area contributed by atoms with E-state index in [4.69, 9.17) is 0 Å². The van der Waals surface area contributed by atoms with Crippen LogP contribution in [0.4, 0.5) is 4.39 Å². The Labute approximate surface area is 117 Å². The van der Waals surface area contributed by atoms with Crippen molar-refractivity contribution in [2.45, 2.75) is 32.1 Å². The van der Waals surface area contributed by atoms with Crippen LogP contribution in [0.3, 0.4) is 0 Å². The van der Waals surface area contributed by atoms with Crippen LogP contribution in [0.15, 0.2) is 24.3 Å². The number of amides is 1. The maximum Gasteiger partial charge on any atom is 0.267 e. The molecule has 1 heterocycles. The minimum absolute atomic E-state index is 0.104. The van der Waals surface area contributed by atoms with Gasteiger partial charge in [0.25, 0.3) is 5.91 Å². The van der Waals surface area contributed by atoms with Gasteiger partial charge in [0, 0.05) is 17.4 Å². The van der Waals surface area contributed by atoms with E-state index in [1.807, 2.05) is 0 Å². The second-order valence-corrected chi connectivity index (χ2v) is 5.63. The van der Waals surface area contributed by atoms with Crippen LogP contribution in [0.25, 0.3) is 10.9 Å². The zero-order valence-corrected chi connectivity index (χ0v) is 11.4. The molecule has 1 aliphatic rings. The van der Waals surface area contributed by atoms with E-state index in [1.165, 1.54) is 44.2 Å². The molecule has 0 saturated heterocycles. The van der Waals surface area contributed by atoms with Gasteiger partial charge in [-0.15, -0.1) is 0 Å². The molecule has 0 aliphatic heterocycles. The predicted molar refractivity (Wildman–Crippen MR) is 77.2 cm³/mol. The standard InChI is InChI=1S/C16H19FN2O/c17-13-6-7-14-12(8-13)9-15(19-14)16(20)18-10-11-4-2-1-3-5-11/h6-9,11,19H,1-5,10H2,(H,18,20). The van der Waals surface area contributed by atoms with Crippen molar-refractivity contribution in [2.24, 2.45) is 5.92 Å². The molecule has 1 aromatic heterocycles. The third-order valence-electron chi connectivity index (χ3n) is 4.10. The van der Waals surface area contributed by atoms with Crippen LogP contribution in [-0.2, 0) is 0 Å². The minimum atomic E-state index is -0.286. The van der Waals surface area contributed by atoms with Gasteiger partial charge in [-0.05, 0) is 43.0 Å². The maximum atomic E-state index is 13.1. The van der Waals surface area contributed by atoms with E-state index in [2.05, 4.69) is 10.3 Å². The fourth-order valence-corrected chi connectivity index (χ4v) is 2.95. The molecule has 1 fully saturated rings. The number of halogens is 1. The lowest BCUT2D eigenvalue weighted by molar-refractivity contribution is 0.0939. The molecule has 1 aliphatic carbocycles. The topological polar surface area (TPSA) is 44.9 Å². The first-order chi connectivity index (χ1) is 9.72.